The summed E-state index contributed by atoms with van der Waals surface area (Å²) in [6, 6.07) is 0. The number of rotatable bonds is 3. The van der Waals surface area contributed by atoms with Crippen LogP contribution in [0.2, 0.25) is 0 Å². The molecule has 32 heavy (non-hydrogen) atoms. The lowest BCUT2D eigenvalue weighted by Gasteiger charge is -2.61. The van der Waals surface area contributed by atoms with E-state index in [0.717, 1.165) is 38.5 Å². The zero-order valence-electron chi connectivity index (χ0n) is 19.5. The summed E-state index contributed by atoms with van der Waals surface area (Å²) in [6.07, 6.45) is 12.5. The molecule has 6 heteroatoms. The van der Waals surface area contributed by atoms with Crippen molar-refractivity contribution < 1.29 is 15.0 Å². The van der Waals surface area contributed by atoms with Crippen LogP contribution < -0.4 is 0 Å². The first-order valence-electron chi connectivity index (χ1n) is 12.5. The molecule has 4 saturated carbocycles. The van der Waals surface area contributed by atoms with Crippen molar-refractivity contribution in [2.24, 2.45) is 40.4 Å². The number of aromatic nitrogens is 3. The van der Waals surface area contributed by atoms with Crippen molar-refractivity contribution in [1.82, 2.24) is 15.0 Å². The van der Waals surface area contributed by atoms with Gasteiger partial charge in [0.25, 0.3) is 0 Å². The topological polar surface area (TPSA) is 88.2 Å². The van der Waals surface area contributed by atoms with Gasteiger partial charge in [0.2, 0.25) is 0 Å². The second-order valence-electron chi connectivity index (χ2n) is 11.6. The zero-order chi connectivity index (χ0) is 22.6. The van der Waals surface area contributed by atoms with Crippen LogP contribution in [0.15, 0.2) is 12.4 Å². The molecule has 1 heterocycles. The van der Waals surface area contributed by atoms with E-state index in [1.807, 2.05) is 0 Å². The summed E-state index contributed by atoms with van der Waals surface area (Å²) < 4.78 is 0. The number of nitrogens with zero attached hydrogens (tertiary/aromatic N) is 3. The van der Waals surface area contributed by atoms with Crippen LogP contribution in [0.1, 0.15) is 71.6 Å². The molecule has 1 aromatic heterocycles. The molecule has 0 radical (unpaired) electrons. The fourth-order valence-corrected chi connectivity index (χ4v) is 8.67. The van der Waals surface area contributed by atoms with E-state index in [2.05, 4.69) is 35.9 Å². The first-order chi connectivity index (χ1) is 15.3. The highest BCUT2D eigenvalue weighted by molar-refractivity contribution is 5.82. The minimum atomic E-state index is -0.936. The van der Waals surface area contributed by atoms with Crippen molar-refractivity contribution in [3.63, 3.8) is 0 Å². The van der Waals surface area contributed by atoms with E-state index in [0.29, 0.717) is 42.4 Å². The van der Waals surface area contributed by atoms with Gasteiger partial charge in [-0.25, -0.2) is 0 Å². The Balaban J connectivity index is 1.33. The minimum Gasteiger partial charge on any atom is -0.384 e. The molecule has 0 aromatic carbocycles. The second-order valence-corrected chi connectivity index (χ2v) is 11.6. The molecule has 0 amide bonds. The van der Waals surface area contributed by atoms with Gasteiger partial charge in [-0.15, -0.1) is 0 Å². The van der Waals surface area contributed by atoms with Crippen LogP contribution in [-0.4, -0.2) is 43.2 Å². The van der Waals surface area contributed by atoms with Crippen LogP contribution in [0.25, 0.3) is 0 Å². The first kappa shape index (κ1) is 22.1. The molecule has 4 fully saturated rings. The zero-order valence-corrected chi connectivity index (χ0v) is 19.5. The molecule has 6 nitrogen and oxygen atoms in total. The normalized spacial score (nSPS) is 45.2. The van der Waals surface area contributed by atoms with Crippen LogP contribution >= 0.6 is 0 Å². The number of carbonyl (C=O) groups excluding carboxylic acids is 1. The Bertz CT molecular complexity index is 920. The van der Waals surface area contributed by atoms with Gasteiger partial charge in [-0.05, 0) is 92.3 Å². The Labute approximate surface area is 191 Å². The number of hydrogen-bond donors (Lipinski definition) is 2. The molecule has 8 atom stereocenters. The molecular weight excluding hydrogens is 402 g/mol. The molecule has 0 spiro atoms. The van der Waals surface area contributed by atoms with Crippen molar-refractivity contribution in [3.8, 4) is 11.8 Å². The molecule has 1 aromatic rings. The molecule has 2 N–H and O–H groups in total. The van der Waals surface area contributed by atoms with E-state index in [1.54, 1.807) is 12.4 Å². The number of Topliss-reactive ketones (excluding diaryl/α,β-unsaturated/α-hetero) is 1. The average molecular weight is 440 g/mol. The lowest BCUT2D eigenvalue weighted by atomic mass is 9.44. The first-order valence-corrected chi connectivity index (χ1v) is 12.5. The predicted octanol–water partition coefficient (Wildman–Crippen LogP) is 3.23. The summed E-state index contributed by atoms with van der Waals surface area (Å²) in [5.41, 5.74) is -0.594. The highest BCUT2D eigenvalue weighted by Crippen LogP contribution is 2.68. The number of carbonyl (C=O) groups is 1. The highest BCUT2D eigenvalue weighted by atomic mass is 16.3. The third kappa shape index (κ3) is 3.44. The summed E-state index contributed by atoms with van der Waals surface area (Å²) in [7, 11) is 0. The Hall–Kier alpha value is -1.71. The maximum absolute atomic E-state index is 13.2. The monoisotopic (exact) mass is 439 g/mol. The van der Waals surface area contributed by atoms with Crippen molar-refractivity contribution in [2.75, 3.05) is 6.61 Å². The van der Waals surface area contributed by atoms with Crippen molar-refractivity contribution in [1.29, 1.82) is 0 Å². The lowest BCUT2D eigenvalue weighted by Crippen LogP contribution is -2.56. The molecule has 5 rings (SSSR count). The molecule has 174 valence electrons. The molecule has 0 bridgehead atoms. The fraction of sp³-hybridized carbons (Fsp3) is 0.808. The standard InChI is InChI=1S/C26H37N3O3/c1-24-11-12-26(32,9-3-15-30)16-18(24)4-5-19-20-6-7-22(25(20,2)10-8-21(19)24)23(31)17-29-27-13-14-28-29/h13-14,18-22,30,32H,4-8,10-12,15-17H2,1-2H3/t18?,19-,20-,21-,22+,24-,25-,26?/m0/s1. The smallest absolute Gasteiger partial charge is 0.159 e. The Morgan fingerprint density at radius 1 is 1.03 bits per heavy atom. The molecule has 2 unspecified atom stereocenters. The third-order valence-corrected chi connectivity index (χ3v) is 10.3. The number of ketones is 1. The van der Waals surface area contributed by atoms with E-state index in [1.165, 1.54) is 17.6 Å². The molecule has 4 aliphatic rings. The number of aliphatic hydroxyl groups is 2. The summed E-state index contributed by atoms with van der Waals surface area (Å²) >= 11 is 0. The minimum absolute atomic E-state index is 0.0939. The van der Waals surface area contributed by atoms with E-state index in [9.17, 15) is 9.90 Å². The quantitative estimate of drug-likeness (QED) is 0.706. The maximum Gasteiger partial charge on any atom is 0.159 e. The van der Waals surface area contributed by atoms with Gasteiger partial charge in [0.15, 0.2) is 5.78 Å². The molecule has 4 aliphatic carbocycles. The lowest BCUT2D eigenvalue weighted by molar-refractivity contribution is -0.145. The van der Waals surface area contributed by atoms with Crippen molar-refractivity contribution >= 4 is 5.78 Å². The van der Waals surface area contributed by atoms with Crippen LogP contribution in [-0.2, 0) is 11.3 Å². The van der Waals surface area contributed by atoms with E-state index in [-0.39, 0.29) is 23.4 Å². The number of fused-ring (bicyclic) bond motifs is 5. The average Bonchev–Trinajstić information content (AvgIpc) is 3.40. The molecule has 0 saturated heterocycles. The van der Waals surface area contributed by atoms with E-state index in [4.69, 9.17) is 5.11 Å². The Kier molecular flexibility index (Phi) is 5.49. The van der Waals surface area contributed by atoms with Gasteiger partial charge >= 0.3 is 0 Å². The summed E-state index contributed by atoms with van der Waals surface area (Å²) in [5.74, 6) is 8.55. The van der Waals surface area contributed by atoms with Crippen LogP contribution in [0.5, 0.6) is 0 Å². The fourth-order valence-electron chi connectivity index (χ4n) is 8.67. The Morgan fingerprint density at radius 3 is 2.53 bits per heavy atom. The Morgan fingerprint density at radius 2 is 1.78 bits per heavy atom. The van der Waals surface area contributed by atoms with Gasteiger partial charge in [0, 0.05) is 5.92 Å². The largest absolute Gasteiger partial charge is 0.384 e. The van der Waals surface area contributed by atoms with Gasteiger partial charge in [0.05, 0.1) is 12.4 Å². The van der Waals surface area contributed by atoms with Crippen molar-refractivity contribution in [2.45, 2.75) is 83.8 Å². The molecule has 0 aliphatic heterocycles. The third-order valence-electron chi connectivity index (χ3n) is 10.3. The summed E-state index contributed by atoms with van der Waals surface area (Å²) in [5, 5.41) is 28.4. The summed E-state index contributed by atoms with van der Waals surface area (Å²) in [6.45, 7) is 4.96. The van der Waals surface area contributed by atoms with Gasteiger partial charge in [-0.1, -0.05) is 25.7 Å². The van der Waals surface area contributed by atoms with Gasteiger partial charge in [-0.3, -0.25) is 4.79 Å². The second kappa shape index (κ2) is 7.95. The van der Waals surface area contributed by atoms with Gasteiger partial charge in [-0.2, -0.15) is 15.0 Å². The van der Waals surface area contributed by atoms with Crippen LogP contribution in [0.3, 0.4) is 0 Å². The van der Waals surface area contributed by atoms with Gasteiger partial charge < -0.3 is 10.2 Å². The van der Waals surface area contributed by atoms with E-state index >= 15 is 0 Å². The van der Waals surface area contributed by atoms with Gasteiger partial charge in [0.1, 0.15) is 18.8 Å². The summed E-state index contributed by atoms with van der Waals surface area (Å²) in [4.78, 5) is 14.7. The number of hydrogen-bond acceptors (Lipinski definition) is 5. The van der Waals surface area contributed by atoms with E-state index < -0.39 is 5.60 Å². The van der Waals surface area contributed by atoms with Crippen molar-refractivity contribution in [3.05, 3.63) is 12.4 Å². The predicted molar refractivity (Wildman–Crippen MR) is 120 cm³/mol. The molecular formula is C26H37N3O3. The SMILES string of the molecule is C[C@]12CC[C@H]3[C@@H](CCC4CC(O)(C#CCO)CC[C@@]43C)[C@@H]1CC[C@@H]2C(=O)Cn1nccn1. The maximum atomic E-state index is 13.2. The van der Waals surface area contributed by atoms with Crippen LogP contribution in [0.4, 0.5) is 0 Å². The number of aliphatic hydroxyl groups excluding tert-OH is 1. The van der Waals surface area contributed by atoms with Crippen LogP contribution in [0, 0.1) is 52.3 Å². The highest BCUT2D eigenvalue weighted by Gasteiger charge is 2.62.